The molecule has 12 heteroatoms. The molecule has 11 nitrogen and oxygen atoms in total. The lowest BCUT2D eigenvalue weighted by atomic mass is 10.2. The largest absolute Gasteiger partial charge is 0.491 e. The third-order valence-corrected chi connectivity index (χ3v) is 5.66. The minimum absolute atomic E-state index is 0.0864. The van der Waals surface area contributed by atoms with E-state index in [1.807, 2.05) is 43.3 Å². The van der Waals surface area contributed by atoms with Crippen LogP contribution >= 0.6 is 15.9 Å². The van der Waals surface area contributed by atoms with Gasteiger partial charge in [0.25, 0.3) is 5.91 Å². The summed E-state index contributed by atoms with van der Waals surface area (Å²) in [5, 5.41) is 3.95. The third kappa shape index (κ3) is 11.4. The molecule has 1 heterocycles. The average molecular weight is 608 g/mol. The van der Waals surface area contributed by atoms with Crippen LogP contribution in [0.3, 0.4) is 0 Å². The third-order valence-electron chi connectivity index (χ3n) is 5.16. The zero-order chi connectivity index (χ0) is 27.7. The smallest absolute Gasteiger partial charge is 0.286 e. The fraction of sp³-hybridized carbons (Fsp3) is 0.444. The number of carbonyl (C=O) groups is 1. The van der Waals surface area contributed by atoms with E-state index in [-0.39, 0.29) is 5.82 Å². The van der Waals surface area contributed by atoms with Crippen molar-refractivity contribution >= 4 is 44.2 Å². The van der Waals surface area contributed by atoms with Crippen molar-refractivity contribution in [3.05, 3.63) is 52.8 Å². The van der Waals surface area contributed by atoms with Gasteiger partial charge in [-0.3, -0.25) is 4.79 Å². The van der Waals surface area contributed by atoms with Gasteiger partial charge in [0.05, 0.1) is 65.0 Å². The van der Waals surface area contributed by atoms with Gasteiger partial charge in [0, 0.05) is 28.2 Å². The van der Waals surface area contributed by atoms with Crippen LogP contribution < -0.4 is 15.8 Å². The van der Waals surface area contributed by atoms with Crippen LogP contribution in [-0.2, 0) is 23.7 Å². The van der Waals surface area contributed by atoms with E-state index in [0.29, 0.717) is 89.8 Å². The normalized spacial score (nSPS) is 11.1. The number of ether oxygens (including phenoxy) is 6. The number of rotatable bonds is 20. The van der Waals surface area contributed by atoms with Gasteiger partial charge in [0.1, 0.15) is 18.2 Å². The summed E-state index contributed by atoms with van der Waals surface area (Å²) in [6, 6.07) is 13.0. The Hall–Kier alpha value is -2.87. The van der Waals surface area contributed by atoms with Gasteiger partial charge in [0.15, 0.2) is 0 Å². The van der Waals surface area contributed by atoms with Crippen LogP contribution in [0.25, 0.3) is 10.9 Å². The molecule has 2 aromatic carbocycles. The van der Waals surface area contributed by atoms with Crippen LogP contribution in [0.2, 0.25) is 0 Å². The van der Waals surface area contributed by atoms with E-state index < -0.39 is 5.91 Å². The van der Waals surface area contributed by atoms with E-state index >= 15 is 0 Å². The summed E-state index contributed by atoms with van der Waals surface area (Å²) >= 11 is 3.45. The number of aromatic nitrogens is 2. The maximum absolute atomic E-state index is 11.8. The van der Waals surface area contributed by atoms with Crippen molar-refractivity contribution in [1.82, 2.24) is 9.97 Å². The quantitative estimate of drug-likeness (QED) is 0.183. The van der Waals surface area contributed by atoms with Gasteiger partial charge in [-0.2, -0.15) is 0 Å². The fourth-order valence-corrected chi connectivity index (χ4v) is 3.75. The highest BCUT2D eigenvalue weighted by molar-refractivity contribution is 9.10. The summed E-state index contributed by atoms with van der Waals surface area (Å²) in [5.41, 5.74) is 6.79. The summed E-state index contributed by atoms with van der Waals surface area (Å²) in [4.78, 5) is 20.4. The van der Waals surface area contributed by atoms with Crippen molar-refractivity contribution < 1.29 is 33.2 Å². The van der Waals surface area contributed by atoms with E-state index in [1.165, 1.54) is 0 Å². The first kappa shape index (κ1) is 30.7. The molecule has 0 bridgehead atoms. The van der Waals surface area contributed by atoms with Gasteiger partial charge >= 0.3 is 0 Å². The molecule has 0 aliphatic heterocycles. The number of hydrogen-bond donors (Lipinski definition) is 2. The molecule has 0 aliphatic carbocycles. The van der Waals surface area contributed by atoms with Crippen LogP contribution in [0.4, 0.5) is 11.5 Å². The number of anilines is 2. The molecular weight excluding hydrogens is 572 g/mol. The van der Waals surface area contributed by atoms with Gasteiger partial charge in [-0.15, -0.1) is 0 Å². The van der Waals surface area contributed by atoms with Gasteiger partial charge < -0.3 is 39.5 Å². The van der Waals surface area contributed by atoms with Crippen molar-refractivity contribution in [3.8, 4) is 5.75 Å². The summed E-state index contributed by atoms with van der Waals surface area (Å²) in [6.07, 6.45) is 0. The minimum atomic E-state index is -0.718. The van der Waals surface area contributed by atoms with Crippen molar-refractivity contribution in [2.75, 3.05) is 78.0 Å². The molecule has 0 saturated heterocycles. The number of primary amides is 1. The minimum Gasteiger partial charge on any atom is -0.491 e. The van der Waals surface area contributed by atoms with E-state index in [1.54, 1.807) is 6.07 Å². The molecule has 0 unspecified atom stereocenters. The molecular formula is C27H35BrN4O7. The second-order valence-corrected chi connectivity index (χ2v) is 8.98. The molecule has 3 aromatic rings. The Labute approximate surface area is 236 Å². The van der Waals surface area contributed by atoms with E-state index in [9.17, 15) is 4.79 Å². The number of halogens is 1. The summed E-state index contributed by atoms with van der Waals surface area (Å²) in [6.45, 7) is 7.52. The first-order valence-electron chi connectivity index (χ1n) is 12.7. The number of amides is 1. The van der Waals surface area contributed by atoms with E-state index in [2.05, 4.69) is 31.2 Å². The second kappa shape index (κ2) is 17.7. The Balaban J connectivity index is 1.35. The topological polar surface area (TPSA) is 136 Å². The maximum Gasteiger partial charge on any atom is 0.286 e. The Morgan fingerprint density at radius 3 is 2.03 bits per heavy atom. The molecule has 0 atom stereocenters. The van der Waals surface area contributed by atoms with Gasteiger partial charge in [0.2, 0.25) is 5.82 Å². The van der Waals surface area contributed by atoms with Crippen molar-refractivity contribution in [2.45, 2.75) is 6.92 Å². The molecule has 0 aliphatic rings. The molecule has 0 fully saturated rings. The zero-order valence-electron chi connectivity index (χ0n) is 22.0. The van der Waals surface area contributed by atoms with Crippen LogP contribution in [0.5, 0.6) is 5.75 Å². The Morgan fingerprint density at radius 1 is 0.821 bits per heavy atom. The van der Waals surface area contributed by atoms with E-state index in [0.717, 1.165) is 15.5 Å². The first-order valence-corrected chi connectivity index (χ1v) is 13.5. The number of nitrogens with two attached hydrogens (primary N) is 1. The molecule has 3 N–H and O–H groups in total. The lowest BCUT2D eigenvalue weighted by molar-refractivity contribution is -0.0119. The van der Waals surface area contributed by atoms with Crippen LogP contribution in [0.15, 0.2) is 46.9 Å². The number of hydrogen-bond acceptors (Lipinski definition) is 10. The predicted molar refractivity (Wildman–Crippen MR) is 151 cm³/mol. The average Bonchev–Trinajstić information content (AvgIpc) is 2.92. The number of nitrogens with one attached hydrogen (secondary N) is 1. The second-order valence-electron chi connectivity index (χ2n) is 8.07. The highest BCUT2D eigenvalue weighted by Gasteiger charge is 2.13. The maximum atomic E-state index is 11.8. The number of benzene rings is 2. The number of fused-ring (bicyclic) bond motifs is 1. The van der Waals surface area contributed by atoms with Crippen LogP contribution in [0, 0.1) is 0 Å². The predicted octanol–water partition coefficient (Wildman–Crippen LogP) is 3.72. The SMILES string of the molecule is CCOCCOCCOCCOCCOCCOc1ccc2c(Nc3cccc(Br)c3)nc(C(N)=O)nc2c1. The highest BCUT2D eigenvalue weighted by atomic mass is 79.9. The molecule has 3 rings (SSSR count). The standard InChI is InChI=1S/C27H35BrN4O7/c1-2-34-8-9-35-10-11-36-12-13-37-14-15-38-16-17-39-22-6-7-23-24(19-22)31-27(25(29)33)32-26(23)30-21-5-3-4-20(28)18-21/h3-7,18-19H,2,8-17H2,1H3,(H2,29,33)(H,30,31,32). The highest BCUT2D eigenvalue weighted by Crippen LogP contribution is 2.28. The monoisotopic (exact) mass is 606 g/mol. The number of carbonyl (C=O) groups excluding carboxylic acids is 1. The molecule has 39 heavy (non-hydrogen) atoms. The van der Waals surface area contributed by atoms with Crippen molar-refractivity contribution in [2.24, 2.45) is 5.73 Å². The van der Waals surface area contributed by atoms with Crippen molar-refractivity contribution in [3.63, 3.8) is 0 Å². The van der Waals surface area contributed by atoms with Crippen LogP contribution in [-0.4, -0.2) is 88.6 Å². The van der Waals surface area contributed by atoms with Gasteiger partial charge in [-0.05, 0) is 37.3 Å². The lowest BCUT2D eigenvalue weighted by Crippen LogP contribution is -2.16. The Kier molecular flexibility index (Phi) is 13.9. The molecule has 0 radical (unpaired) electrons. The molecule has 0 spiro atoms. The van der Waals surface area contributed by atoms with Gasteiger partial charge in [-0.25, -0.2) is 9.97 Å². The molecule has 1 amide bonds. The summed E-state index contributed by atoms with van der Waals surface area (Å²) < 4.78 is 33.7. The first-order chi connectivity index (χ1) is 19.1. The molecule has 0 saturated carbocycles. The summed E-state index contributed by atoms with van der Waals surface area (Å²) in [5.74, 6) is 0.253. The van der Waals surface area contributed by atoms with Crippen molar-refractivity contribution in [1.29, 1.82) is 0 Å². The summed E-state index contributed by atoms with van der Waals surface area (Å²) in [7, 11) is 0. The lowest BCUT2D eigenvalue weighted by Gasteiger charge is -2.12. The number of nitrogens with zero attached hydrogens (tertiary/aromatic N) is 2. The van der Waals surface area contributed by atoms with E-state index in [4.69, 9.17) is 34.2 Å². The van der Waals surface area contributed by atoms with Gasteiger partial charge in [-0.1, -0.05) is 22.0 Å². The molecule has 212 valence electrons. The Morgan fingerprint density at radius 2 is 1.44 bits per heavy atom. The molecule has 1 aromatic heterocycles. The van der Waals surface area contributed by atoms with Crippen LogP contribution in [0.1, 0.15) is 17.5 Å². The fourth-order valence-electron chi connectivity index (χ4n) is 3.35. The zero-order valence-corrected chi connectivity index (χ0v) is 23.6. The Bertz CT molecular complexity index is 1170.